The lowest BCUT2D eigenvalue weighted by atomic mass is 10.0. The molecular formula is C22H20N4O2S2. The number of carbonyl (C=O) groups excluding carboxylic acids is 1. The maximum Gasteiger partial charge on any atom is 0.266 e. The van der Waals surface area contributed by atoms with Gasteiger partial charge in [-0.3, -0.25) is 14.2 Å². The number of anilines is 1. The topological polar surface area (TPSA) is 76.9 Å². The van der Waals surface area contributed by atoms with E-state index in [0.717, 1.165) is 11.3 Å². The fraction of sp³-hybridized carbons (Fsp3) is 0.182. The van der Waals surface area contributed by atoms with E-state index >= 15 is 0 Å². The van der Waals surface area contributed by atoms with E-state index in [4.69, 9.17) is 4.98 Å². The van der Waals surface area contributed by atoms with E-state index in [1.807, 2.05) is 42.5 Å². The molecule has 0 aliphatic rings. The van der Waals surface area contributed by atoms with E-state index in [0.29, 0.717) is 21.2 Å². The summed E-state index contributed by atoms with van der Waals surface area (Å²) in [6.45, 7) is 4.18. The number of nitrogens with zero attached hydrogens (tertiary/aromatic N) is 3. The van der Waals surface area contributed by atoms with Gasteiger partial charge in [0, 0.05) is 11.6 Å². The van der Waals surface area contributed by atoms with Gasteiger partial charge in [0.2, 0.25) is 5.91 Å². The molecule has 0 aliphatic heterocycles. The van der Waals surface area contributed by atoms with Crippen molar-refractivity contribution in [1.29, 1.82) is 0 Å². The number of benzene rings is 2. The Balaban J connectivity index is 1.77. The van der Waals surface area contributed by atoms with Crippen molar-refractivity contribution in [2.24, 2.45) is 0 Å². The van der Waals surface area contributed by atoms with Crippen LogP contribution in [0.4, 0.5) is 5.13 Å². The van der Waals surface area contributed by atoms with Crippen molar-refractivity contribution >= 4 is 45.0 Å². The maximum absolute atomic E-state index is 13.4. The summed E-state index contributed by atoms with van der Waals surface area (Å²) in [7, 11) is 0. The lowest BCUT2D eigenvalue weighted by molar-refractivity contribution is -0.113. The molecule has 0 radical (unpaired) electrons. The molecule has 2 aromatic carbocycles. The van der Waals surface area contributed by atoms with Gasteiger partial charge in [-0.15, -0.1) is 11.3 Å². The Bertz CT molecular complexity index is 1250. The summed E-state index contributed by atoms with van der Waals surface area (Å²) < 4.78 is 1.62. The standard InChI is InChI=1S/C22H20N4O2S2/c1-14(2)15-7-4-6-10-18(15)26-20(28)16-8-3-5-9-17(16)24-22(26)30-13-19(27)25-21-23-11-12-29-21/h3-12,14H,13H2,1-2H3,(H,23,25,27). The minimum Gasteiger partial charge on any atom is -0.301 e. The van der Waals surface area contributed by atoms with E-state index in [2.05, 4.69) is 24.1 Å². The largest absolute Gasteiger partial charge is 0.301 e. The molecule has 4 rings (SSSR count). The highest BCUT2D eigenvalue weighted by Crippen LogP contribution is 2.27. The molecular weight excluding hydrogens is 416 g/mol. The molecule has 0 unspecified atom stereocenters. The van der Waals surface area contributed by atoms with Crippen LogP contribution in [0.2, 0.25) is 0 Å². The van der Waals surface area contributed by atoms with Gasteiger partial charge in [0.15, 0.2) is 10.3 Å². The van der Waals surface area contributed by atoms with E-state index in [1.54, 1.807) is 22.2 Å². The van der Waals surface area contributed by atoms with Gasteiger partial charge in [0.25, 0.3) is 5.56 Å². The second kappa shape index (κ2) is 8.81. The van der Waals surface area contributed by atoms with Gasteiger partial charge in [0.05, 0.1) is 22.3 Å². The number of thiazole rings is 1. The van der Waals surface area contributed by atoms with Crippen LogP contribution in [0, 0.1) is 0 Å². The average Bonchev–Trinajstić information content (AvgIpc) is 3.25. The molecule has 0 aliphatic carbocycles. The van der Waals surface area contributed by atoms with Gasteiger partial charge in [-0.25, -0.2) is 9.97 Å². The molecule has 8 heteroatoms. The lowest BCUT2D eigenvalue weighted by Crippen LogP contribution is -2.24. The molecule has 0 atom stereocenters. The van der Waals surface area contributed by atoms with Gasteiger partial charge in [-0.05, 0) is 29.7 Å². The zero-order chi connectivity index (χ0) is 21.1. The number of hydrogen-bond donors (Lipinski definition) is 1. The average molecular weight is 437 g/mol. The number of aromatic nitrogens is 3. The first-order valence-corrected chi connectivity index (χ1v) is 11.3. The Morgan fingerprint density at radius 1 is 1.17 bits per heavy atom. The third-order valence-electron chi connectivity index (χ3n) is 4.56. The van der Waals surface area contributed by atoms with Crippen LogP contribution in [0.3, 0.4) is 0 Å². The summed E-state index contributed by atoms with van der Waals surface area (Å²) in [5.74, 6) is 0.153. The molecule has 0 saturated carbocycles. The molecule has 0 bridgehead atoms. The van der Waals surface area contributed by atoms with Gasteiger partial charge in [-0.1, -0.05) is 55.9 Å². The molecule has 6 nitrogen and oxygen atoms in total. The summed E-state index contributed by atoms with van der Waals surface area (Å²) in [5.41, 5.74) is 2.31. The molecule has 30 heavy (non-hydrogen) atoms. The van der Waals surface area contributed by atoms with E-state index < -0.39 is 0 Å². The number of thioether (sulfide) groups is 1. The minimum absolute atomic E-state index is 0.119. The first-order chi connectivity index (χ1) is 14.5. The summed E-state index contributed by atoms with van der Waals surface area (Å²) in [5, 5.41) is 6.15. The van der Waals surface area contributed by atoms with Crippen LogP contribution in [0.5, 0.6) is 0 Å². The minimum atomic E-state index is -0.193. The Kier molecular flexibility index (Phi) is 5.96. The summed E-state index contributed by atoms with van der Waals surface area (Å²) in [6, 6.07) is 15.1. The monoisotopic (exact) mass is 436 g/mol. The van der Waals surface area contributed by atoms with Crippen LogP contribution in [0.1, 0.15) is 25.3 Å². The Morgan fingerprint density at radius 3 is 2.70 bits per heavy atom. The number of fused-ring (bicyclic) bond motifs is 1. The van der Waals surface area contributed by atoms with E-state index in [9.17, 15) is 9.59 Å². The SMILES string of the molecule is CC(C)c1ccccc1-n1c(SCC(=O)Nc2nccs2)nc2ccccc2c1=O. The smallest absolute Gasteiger partial charge is 0.266 e. The fourth-order valence-electron chi connectivity index (χ4n) is 3.17. The van der Waals surface area contributed by atoms with Crippen molar-refractivity contribution in [1.82, 2.24) is 14.5 Å². The van der Waals surface area contributed by atoms with E-state index in [1.165, 1.54) is 23.1 Å². The van der Waals surface area contributed by atoms with Crippen molar-refractivity contribution in [3.63, 3.8) is 0 Å². The molecule has 1 N–H and O–H groups in total. The molecule has 2 heterocycles. The fourth-order valence-corrected chi connectivity index (χ4v) is 4.52. The molecule has 0 saturated heterocycles. The Morgan fingerprint density at radius 2 is 1.93 bits per heavy atom. The van der Waals surface area contributed by atoms with Gasteiger partial charge in [-0.2, -0.15) is 0 Å². The second-order valence-corrected chi connectivity index (χ2v) is 8.78. The van der Waals surface area contributed by atoms with Crippen LogP contribution < -0.4 is 10.9 Å². The van der Waals surface area contributed by atoms with Crippen LogP contribution in [-0.2, 0) is 4.79 Å². The number of amides is 1. The lowest BCUT2D eigenvalue weighted by Gasteiger charge is -2.18. The van der Waals surface area contributed by atoms with Crippen molar-refractivity contribution in [3.8, 4) is 5.69 Å². The molecule has 1 amide bonds. The molecule has 0 fully saturated rings. The van der Waals surface area contributed by atoms with Crippen LogP contribution >= 0.6 is 23.1 Å². The first kappa shape index (κ1) is 20.3. The van der Waals surface area contributed by atoms with Gasteiger partial charge in [0.1, 0.15) is 0 Å². The maximum atomic E-state index is 13.4. The van der Waals surface area contributed by atoms with Crippen molar-refractivity contribution < 1.29 is 4.79 Å². The van der Waals surface area contributed by atoms with Gasteiger partial charge < -0.3 is 5.32 Å². The quantitative estimate of drug-likeness (QED) is 0.350. The Hall–Kier alpha value is -2.97. The highest BCUT2D eigenvalue weighted by atomic mass is 32.2. The molecule has 4 aromatic rings. The summed E-state index contributed by atoms with van der Waals surface area (Å²) in [6.07, 6.45) is 1.64. The van der Waals surface area contributed by atoms with Crippen LogP contribution in [0.25, 0.3) is 16.6 Å². The number of para-hydroxylation sites is 2. The molecule has 2 aromatic heterocycles. The molecule has 152 valence electrons. The predicted molar refractivity (Wildman–Crippen MR) is 123 cm³/mol. The zero-order valence-electron chi connectivity index (χ0n) is 16.5. The highest BCUT2D eigenvalue weighted by molar-refractivity contribution is 7.99. The Labute approximate surface area is 182 Å². The zero-order valence-corrected chi connectivity index (χ0v) is 18.2. The van der Waals surface area contributed by atoms with Crippen molar-refractivity contribution in [2.75, 3.05) is 11.1 Å². The first-order valence-electron chi connectivity index (χ1n) is 9.48. The third kappa shape index (κ3) is 4.15. The second-order valence-electron chi connectivity index (χ2n) is 6.94. The number of carbonyl (C=O) groups is 1. The van der Waals surface area contributed by atoms with Crippen LogP contribution in [0.15, 0.2) is 70.1 Å². The van der Waals surface area contributed by atoms with Crippen LogP contribution in [-0.4, -0.2) is 26.2 Å². The number of nitrogens with one attached hydrogen (secondary N) is 1. The van der Waals surface area contributed by atoms with Gasteiger partial charge >= 0.3 is 0 Å². The summed E-state index contributed by atoms with van der Waals surface area (Å²) in [4.78, 5) is 34.6. The number of hydrogen-bond acceptors (Lipinski definition) is 6. The normalized spacial score (nSPS) is 11.2. The summed E-state index contributed by atoms with van der Waals surface area (Å²) >= 11 is 2.60. The van der Waals surface area contributed by atoms with Crippen molar-refractivity contribution in [3.05, 3.63) is 76.0 Å². The molecule has 0 spiro atoms. The van der Waals surface area contributed by atoms with E-state index in [-0.39, 0.29) is 23.1 Å². The third-order valence-corrected chi connectivity index (χ3v) is 6.18. The highest BCUT2D eigenvalue weighted by Gasteiger charge is 2.18. The number of rotatable bonds is 6. The van der Waals surface area contributed by atoms with Crippen molar-refractivity contribution in [2.45, 2.75) is 24.9 Å². The predicted octanol–water partition coefficient (Wildman–Crippen LogP) is 4.70.